The van der Waals surface area contributed by atoms with Crippen molar-refractivity contribution in [1.82, 2.24) is 0 Å². The van der Waals surface area contributed by atoms with E-state index in [0.717, 1.165) is 0 Å². The molecule has 2 atom stereocenters. The van der Waals surface area contributed by atoms with Crippen LogP contribution >= 0.6 is 0 Å². The van der Waals surface area contributed by atoms with Crippen LogP contribution in [0.4, 0.5) is 17.1 Å². The zero-order valence-electron chi connectivity index (χ0n) is 11.2. The molecule has 0 aromatic heterocycles. The molecule has 8 heteroatoms. The largest absolute Gasteiger partial charge is 0.394 e. The van der Waals surface area contributed by atoms with Crippen molar-refractivity contribution >= 4 is 17.1 Å². The molecule has 2 rings (SSSR count). The Hall–Kier alpha value is -1.90. The number of benzene rings is 1. The SMILES string of the molecule is CC1CN(c2cccc(NN)c2[N+](=O)[O-])CC(CO)O1. The first-order valence-corrected chi connectivity index (χ1v) is 6.32. The molecule has 0 bridgehead atoms. The highest BCUT2D eigenvalue weighted by Gasteiger charge is 2.30. The zero-order valence-corrected chi connectivity index (χ0v) is 11.2. The monoisotopic (exact) mass is 282 g/mol. The van der Waals surface area contributed by atoms with E-state index >= 15 is 0 Å². The molecule has 0 spiro atoms. The first-order chi connectivity index (χ1) is 9.56. The predicted octanol–water partition coefficient (Wildman–Crippen LogP) is 0.466. The molecule has 1 heterocycles. The minimum absolute atomic E-state index is 0.0687. The molecule has 0 radical (unpaired) electrons. The fourth-order valence-electron chi connectivity index (χ4n) is 2.44. The maximum atomic E-state index is 11.3. The first kappa shape index (κ1) is 14.5. The summed E-state index contributed by atoms with van der Waals surface area (Å²) in [6.45, 7) is 2.66. The van der Waals surface area contributed by atoms with E-state index in [1.54, 1.807) is 18.2 Å². The highest BCUT2D eigenvalue weighted by molar-refractivity contribution is 5.76. The highest BCUT2D eigenvalue weighted by Crippen LogP contribution is 2.36. The average molecular weight is 282 g/mol. The summed E-state index contributed by atoms with van der Waals surface area (Å²) in [4.78, 5) is 12.7. The van der Waals surface area contributed by atoms with Gasteiger partial charge in [0.2, 0.25) is 0 Å². The van der Waals surface area contributed by atoms with Gasteiger partial charge in [-0.1, -0.05) is 6.07 Å². The van der Waals surface area contributed by atoms with E-state index in [4.69, 9.17) is 10.6 Å². The Bertz CT molecular complexity index is 496. The fraction of sp³-hybridized carbons (Fsp3) is 0.500. The van der Waals surface area contributed by atoms with Crippen LogP contribution in [0.25, 0.3) is 0 Å². The molecule has 20 heavy (non-hydrogen) atoms. The van der Waals surface area contributed by atoms with Crippen LogP contribution in [0.1, 0.15) is 6.92 Å². The van der Waals surface area contributed by atoms with Crippen LogP contribution in [0.3, 0.4) is 0 Å². The number of hydrogen-bond acceptors (Lipinski definition) is 7. The maximum Gasteiger partial charge on any atom is 0.316 e. The molecule has 1 fully saturated rings. The molecular weight excluding hydrogens is 264 g/mol. The van der Waals surface area contributed by atoms with Gasteiger partial charge in [-0.2, -0.15) is 0 Å². The number of hydrogen-bond donors (Lipinski definition) is 3. The molecular formula is C12H18N4O4. The third-order valence-electron chi connectivity index (χ3n) is 3.22. The number of nitro groups is 1. The van der Waals surface area contributed by atoms with Crippen molar-refractivity contribution in [2.24, 2.45) is 5.84 Å². The Morgan fingerprint density at radius 1 is 1.60 bits per heavy atom. The Labute approximate surface area is 116 Å². The molecule has 1 aromatic rings. The number of aliphatic hydroxyl groups is 1. The molecule has 2 unspecified atom stereocenters. The van der Waals surface area contributed by atoms with Crippen LogP contribution in [0.2, 0.25) is 0 Å². The van der Waals surface area contributed by atoms with Crippen molar-refractivity contribution in [3.63, 3.8) is 0 Å². The lowest BCUT2D eigenvalue weighted by Gasteiger charge is -2.37. The van der Waals surface area contributed by atoms with Gasteiger partial charge in [0.15, 0.2) is 0 Å². The van der Waals surface area contributed by atoms with Gasteiger partial charge in [0, 0.05) is 13.1 Å². The third-order valence-corrected chi connectivity index (χ3v) is 3.22. The van der Waals surface area contributed by atoms with Crippen LogP contribution in [0.15, 0.2) is 18.2 Å². The molecule has 1 aliphatic rings. The molecule has 0 aliphatic carbocycles. The second-order valence-corrected chi connectivity index (χ2v) is 4.73. The summed E-state index contributed by atoms with van der Waals surface area (Å²) in [6, 6.07) is 4.92. The van der Waals surface area contributed by atoms with Gasteiger partial charge in [-0.15, -0.1) is 0 Å². The normalized spacial score (nSPS) is 22.6. The molecule has 1 saturated heterocycles. The van der Waals surface area contributed by atoms with Gasteiger partial charge < -0.3 is 20.2 Å². The first-order valence-electron chi connectivity index (χ1n) is 6.32. The summed E-state index contributed by atoms with van der Waals surface area (Å²) in [7, 11) is 0. The summed E-state index contributed by atoms with van der Waals surface area (Å²) >= 11 is 0. The molecule has 110 valence electrons. The number of nitrogens with two attached hydrogens (primary N) is 1. The fourth-order valence-corrected chi connectivity index (χ4v) is 2.44. The molecule has 1 aromatic carbocycles. The van der Waals surface area contributed by atoms with Crippen molar-refractivity contribution < 1.29 is 14.8 Å². The van der Waals surface area contributed by atoms with Gasteiger partial charge in [0.1, 0.15) is 11.4 Å². The van der Waals surface area contributed by atoms with Crippen LogP contribution in [-0.4, -0.2) is 41.9 Å². The van der Waals surface area contributed by atoms with E-state index in [-0.39, 0.29) is 30.2 Å². The summed E-state index contributed by atoms with van der Waals surface area (Å²) in [5, 5.41) is 20.5. The number of hydrazine groups is 1. The second kappa shape index (κ2) is 6.04. The van der Waals surface area contributed by atoms with E-state index < -0.39 is 4.92 Å². The van der Waals surface area contributed by atoms with E-state index in [1.807, 2.05) is 11.8 Å². The van der Waals surface area contributed by atoms with Crippen molar-refractivity contribution in [1.29, 1.82) is 0 Å². The number of morpholine rings is 1. The van der Waals surface area contributed by atoms with Gasteiger partial charge >= 0.3 is 5.69 Å². The lowest BCUT2D eigenvalue weighted by atomic mass is 10.1. The number of nitrogens with zero attached hydrogens (tertiary/aromatic N) is 2. The van der Waals surface area contributed by atoms with Crippen LogP contribution in [0.5, 0.6) is 0 Å². The number of nitrogens with one attached hydrogen (secondary N) is 1. The number of nitro benzene ring substituents is 1. The minimum Gasteiger partial charge on any atom is -0.394 e. The number of aliphatic hydroxyl groups excluding tert-OH is 1. The average Bonchev–Trinajstić information content (AvgIpc) is 2.45. The lowest BCUT2D eigenvalue weighted by molar-refractivity contribution is -0.383. The van der Waals surface area contributed by atoms with Crippen LogP contribution < -0.4 is 16.2 Å². The van der Waals surface area contributed by atoms with Crippen LogP contribution in [-0.2, 0) is 4.74 Å². The Balaban J connectivity index is 2.38. The zero-order chi connectivity index (χ0) is 14.7. The number of anilines is 2. The summed E-state index contributed by atoms with van der Waals surface area (Å²) in [6.07, 6.45) is -0.470. The smallest absolute Gasteiger partial charge is 0.316 e. The standard InChI is InChI=1S/C12H18N4O4/c1-8-5-15(6-9(7-17)20-8)11-4-2-3-10(14-13)12(11)16(18)19/h2-4,8-9,14,17H,5-7,13H2,1H3. The number of rotatable bonds is 4. The lowest BCUT2D eigenvalue weighted by Crippen LogP contribution is -2.48. The van der Waals surface area contributed by atoms with Gasteiger partial charge in [0.25, 0.3) is 0 Å². The predicted molar refractivity (Wildman–Crippen MR) is 74.5 cm³/mol. The van der Waals surface area contributed by atoms with Crippen molar-refractivity contribution in [3.05, 3.63) is 28.3 Å². The second-order valence-electron chi connectivity index (χ2n) is 4.73. The van der Waals surface area contributed by atoms with Crippen molar-refractivity contribution in [3.8, 4) is 0 Å². The Kier molecular flexibility index (Phi) is 4.38. The quantitative estimate of drug-likeness (QED) is 0.417. The number of para-hydroxylation sites is 1. The van der Waals surface area contributed by atoms with Crippen molar-refractivity contribution in [2.45, 2.75) is 19.1 Å². The molecule has 0 saturated carbocycles. The summed E-state index contributed by atoms with van der Waals surface area (Å²) < 4.78 is 5.54. The number of nitrogen functional groups attached to an aromatic ring is 1. The third kappa shape index (κ3) is 2.82. The van der Waals surface area contributed by atoms with E-state index in [0.29, 0.717) is 18.8 Å². The van der Waals surface area contributed by atoms with E-state index in [9.17, 15) is 15.2 Å². The van der Waals surface area contributed by atoms with Gasteiger partial charge in [-0.3, -0.25) is 16.0 Å². The molecule has 1 aliphatic heterocycles. The van der Waals surface area contributed by atoms with Gasteiger partial charge in [-0.25, -0.2) is 0 Å². The Morgan fingerprint density at radius 2 is 2.35 bits per heavy atom. The summed E-state index contributed by atoms with van der Waals surface area (Å²) in [5.41, 5.74) is 3.00. The van der Waals surface area contributed by atoms with E-state index in [1.165, 1.54) is 0 Å². The maximum absolute atomic E-state index is 11.3. The Morgan fingerprint density at radius 3 is 2.95 bits per heavy atom. The van der Waals surface area contributed by atoms with Gasteiger partial charge in [0.05, 0.1) is 23.7 Å². The number of ether oxygens (including phenoxy) is 1. The minimum atomic E-state index is -0.460. The van der Waals surface area contributed by atoms with Crippen molar-refractivity contribution in [2.75, 3.05) is 30.0 Å². The summed E-state index contributed by atoms with van der Waals surface area (Å²) in [5.74, 6) is 5.33. The topological polar surface area (TPSA) is 114 Å². The molecule has 4 N–H and O–H groups in total. The van der Waals surface area contributed by atoms with E-state index in [2.05, 4.69) is 5.43 Å². The molecule has 8 nitrogen and oxygen atoms in total. The van der Waals surface area contributed by atoms with Gasteiger partial charge in [-0.05, 0) is 19.1 Å². The van der Waals surface area contributed by atoms with Crippen LogP contribution in [0, 0.1) is 10.1 Å². The highest BCUT2D eigenvalue weighted by atomic mass is 16.6. The molecule has 0 amide bonds.